The smallest absolute Gasteiger partial charge is 0.304 e. The molecule has 0 unspecified atom stereocenters. The Morgan fingerprint density at radius 1 is 1.22 bits per heavy atom. The molecule has 0 spiro atoms. The maximum atomic E-state index is 5.22. The topological polar surface area (TPSA) is 38.0 Å². The van der Waals surface area contributed by atoms with E-state index in [9.17, 15) is 0 Å². The van der Waals surface area contributed by atoms with Gasteiger partial charge in [-0.25, -0.2) is 0 Å². The summed E-state index contributed by atoms with van der Waals surface area (Å²) in [5.41, 5.74) is 5.22. The fourth-order valence-corrected chi connectivity index (χ4v) is 1.41. The molecule has 0 aromatic rings. The van der Waals surface area contributed by atoms with E-state index < -0.39 is 0 Å². The van der Waals surface area contributed by atoms with Crippen LogP contribution in [-0.4, -0.2) is 13.6 Å². The Bertz CT molecular complexity index is 68.7. The number of nitrogens with one attached hydrogen (secondary N) is 1. The summed E-state index contributed by atoms with van der Waals surface area (Å²) in [7, 11) is 1.57. The molecule has 3 heteroatoms. The zero-order chi connectivity index (χ0) is 6.53. The second-order valence-corrected chi connectivity index (χ2v) is 2.67. The quantitative estimate of drug-likeness (QED) is 0.524. The Labute approximate surface area is 57.5 Å². The van der Waals surface area contributed by atoms with Gasteiger partial charge in [-0.3, -0.25) is 0 Å². The van der Waals surface area contributed by atoms with E-state index >= 15 is 0 Å². The van der Waals surface area contributed by atoms with Crippen molar-refractivity contribution in [3.63, 3.8) is 0 Å². The summed E-state index contributed by atoms with van der Waals surface area (Å²) in [4.78, 5) is 0. The van der Waals surface area contributed by atoms with Crippen molar-refractivity contribution in [2.24, 2.45) is 5.64 Å². The summed E-state index contributed by atoms with van der Waals surface area (Å²) in [6.07, 6.45) is 6.74. The van der Waals surface area contributed by atoms with Crippen molar-refractivity contribution >= 4 is 7.55 Å². The molecule has 1 rings (SSSR count). The minimum Gasteiger partial charge on any atom is -0.360 e. The second kappa shape index (κ2) is 3.91. The Morgan fingerprint density at radius 2 is 1.89 bits per heavy atom. The molecule has 0 amide bonds. The van der Waals surface area contributed by atoms with Crippen molar-refractivity contribution in [3.05, 3.63) is 0 Å². The highest BCUT2D eigenvalue weighted by Crippen LogP contribution is 2.16. The van der Waals surface area contributed by atoms with Crippen LogP contribution in [0.3, 0.4) is 0 Å². The molecule has 0 aromatic heterocycles. The van der Waals surface area contributed by atoms with E-state index in [1.54, 1.807) is 7.55 Å². The van der Waals surface area contributed by atoms with Crippen LogP contribution in [0, 0.1) is 0 Å². The van der Waals surface area contributed by atoms with Crippen LogP contribution < -0.4 is 10.9 Å². The van der Waals surface area contributed by atoms with E-state index in [1.807, 2.05) is 0 Å². The molecular weight excluding hydrogens is 111 g/mol. The molecule has 0 bridgehead atoms. The highest BCUT2D eigenvalue weighted by molar-refractivity contribution is 6.27. The van der Waals surface area contributed by atoms with Gasteiger partial charge in [0.05, 0.1) is 0 Å². The Kier molecular flexibility index (Phi) is 3.08. The molecule has 1 aliphatic carbocycles. The third-order valence-electron chi connectivity index (χ3n) is 1.94. The molecule has 1 radical (unpaired) electrons. The fourth-order valence-electron chi connectivity index (χ4n) is 1.41. The van der Waals surface area contributed by atoms with E-state index in [0.717, 1.165) is 0 Å². The Hall–Kier alpha value is -0.0151. The van der Waals surface area contributed by atoms with E-state index in [0.29, 0.717) is 6.04 Å². The summed E-state index contributed by atoms with van der Waals surface area (Å²) in [6.45, 7) is 0. The molecular formula is C6H14BN2. The second-order valence-electron chi connectivity index (χ2n) is 2.67. The lowest BCUT2D eigenvalue weighted by molar-refractivity contribution is 0.418. The summed E-state index contributed by atoms with van der Waals surface area (Å²) >= 11 is 0. The van der Waals surface area contributed by atoms with Gasteiger partial charge in [-0.05, 0) is 18.9 Å². The lowest BCUT2D eigenvalue weighted by Gasteiger charge is -2.21. The number of hydrogen-bond donors (Lipinski definition) is 2. The standard InChI is InChI=1S/C6H14BN2/c8-7-9-6-4-2-1-3-5-6/h6,9H,1-5,8H2. The molecule has 1 aliphatic rings. The van der Waals surface area contributed by atoms with E-state index in [1.165, 1.54) is 32.1 Å². The normalized spacial score (nSPS) is 21.9. The monoisotopic (exact) mass is 125 g/mol. The van der Waals surface area contributed by atoms with Gasteiger partial charge in [0.15, 0.2) is 0 Å². The lowest BCUT2D eigenvalue weighted by atomic mass is 9.93. The molecule has 1 saturated carbocycles. The molecule has 0 atom stereocenters. The average Bonchev–Trinajstić information content (AvgIpc) is 1.91. The summed E-state index contributed by atoms with van der Waals surface area (Å²) in [5, 5.41) is 3.14. The first-order chi connectivity index (χ1) is 4.43. The SMILES string of the molecule is N[B]NC1CCCCC1. The largest absolute Gasteiger partial charge is 0.360 e. The van der Waals surface area contributed by atoms with Gasteiger partial charge in [-0.2, -0.15) is 0 Å². The lowest BCUT2D eigenvalue weighted by Crippen LogP contribution is -2.38. The highest BCUT2D eigenvalue weighted by atomic mass is 14.9. The predicted molar refractivity (Wildman–Crippen MR) is 40.0 cm³/mol. The van der Waals surface area contributed by atoms with Gasteiger partial charge < -0.3 is 10.9 Å². The maximum Gasteiger partial charge on any atom is 0.304 e. The molecule has 0 saturated heterocycles. The zero-order valence-corrected chi connectivity index (χ0v) is 5.77. The minimum atomic E-state index is 0.670. The zero-order valence-electron chi connectivity index (χ0n) is 5.77. The fraction of sp³-hybridized carbons (Fsp3) is 1.00. The number of rotatable bonds is 2. The molecule has 51 valence electrons. The van der Waals surface area contributed by atoms with E-state index in [-0.39, 0.29) is 0 Å². The molecule has 0 heterocycles. The first-order valence-electron chi connectivity index (χ1n) is 3.73. The van der Waals surface area contributed by atoms with Gasteiger partial charge >= 0.3 is 7.55 Å². The van der Waals surface area contributed by atoms with Crippen molar-refractivity contribution in [2.45, 2.75) is 38.1 Å². The van der Waals surface area contributed by atoms with Crippen molar-refractivity contribution in [2.75, 3.05) is 0 Å². The molecule has 0 aromatic carbocycles. The van der Waals surface area contributed by atoms with Crippen LogP contribution in [0.1, 0.15) is 32.1 Å². The first-order valence-corrected chi connectivity index (χ1v) is 3.73. The maximum absolute atomic E-state index is 5.22. The molecule has 2 nitrogen and oxygen atoms in total. The van der Waals surface area contributed by atoms with Gasteiger partial charge in [0, 0.05) is 0 Å². The van der Waals surface area contributed by atoms with Crippen LogP contribution in [0.5, 0.6) is 0 Å². The van der Waals surface area contributed by atoms with Gasteiger partial charge in [0.25, 0.3) is 0 Å². The summed E-state index contributed by atoms with van der Waals surface area (Å²) in [6, 6.07) is 0.670. The molecule has 1 fully saturated rings. The predicted octanol–water partition coefficient (Wildman–Crippen LogP) is 0.402. The van der Waals surface area contributed by atoms with E-state index in [4.69, 9.17) is 5.64 Å². The highest BCUT2D eigenvalue weighted by Gasteiger charge is 2.10. The molecule has 9 heavy (non-hydrogen) atoms. The summed E-state index contributed by atoms with van der Waals surface area (Å²) < 4.78 is 0. The number of nitrogens with two attached hydrogens (primary N) is 1. The van der Waals surface area contributed by atoms with Crippen LogP contribution in [0.4, 0.5) is 0 Å². The van der Waals surface area contributed by atoms with Crippen LogP contribution in [0.15, 0.2) is 0 Å². The first kappa shape index (κ1) is 7.10. The Balaban J connectivity index is 2.08. The third-order valence-corrected chi connectivity index (χ3v) is 1.94. The van der Waals surface area contributed by atoms with Crippen molar-refractivity contribution in [1.29, 1.82) is 0 Å². The summed E-state index contributed by atoms with van der Waals surface area (Å²) in [5.74, 6) is 0. The van der Waals surface area contributed by atoms with Crippen LogP contribution in [0.25, 0.3) is 0 Å². The van der Waals surface area contributed by atoms with Gasteiger partial charge in [-0.15, -0.1) is 0 Å². The average molecular weight is 125 g/mol. The van der Waals surface area contributed by atoms with Crippen molar-refractivity contribution < 1.29 is 0 Å². The van der Waals surface area contributed by atoms with Crippen LogP contribution in [0.2, 0.25) is 0 Å². The van der Waals surface area contributed by atoms with Crippen molar-refractivity contribution in [1.82, 2.24) is 5.23 Å². The number of hydrogen-bond acceptors (Lipinski definition) is 2. The molecule has 0 aliphatic heterocycles. The van der Waals surface area contributed by atoms with E-state index in [2.05, 4.69) is 5.23 Å². The molecule has 3 N–H and O–H groups in total. The third kappa shape index (κ3) is 2.37. The minimum absolute atomic E-state index is 0.670. The van der Waals surface area contributed by atoms with Crippen LogP contribution >= 0.6 is 0 Å². The van der Waals surface area contributed by atoms with Gasteiger partial charge in [0.2, 0.25) is 0 Å². The van der Waals surface area contributed by atoms with Crippen LogP contribution in [-0.2, 0) is 0 Å². The Morgan fingerprint density at radius 3 is 2.44 bits per heavy atom. The van der Waals surface area contributed by atoms with Gasteiger partial charge in [0.1, 0.15) is 0 Å². The van der Waals surface area contributed by atoms with Crippen molar-refractivity contribution in [3.8, 4) is 0 Å². The van der Waals surface area contributed by atoms with Gasteiger partial charge in [-0.1, -0.05) is 19.3 Å².